The number of fused-ring (bicyclic) bond motifs is 1. The first-order valence-corrected chi connectivity index (χ1v) is 12.0. The van der Waals surface area contributed by atoms with Crippen molar-refractivity contribution in [1.29, 1.82) is 0 Å². The molecule has 0 amide bonds. The van der Waals surface area contributed by atoms with Crippen LogP contribution >= 0.6 is 0 Å². The molecule has 2 aromatic carbocycles. The van der Waals surface area contributed by atoms with Crippen LogP contribution in [-0.4, -0.2) is 14.9 Å². The molecule has 0 heterocycles. The van der Waals surface area contributed by atoms with E-state index >= 15 is 0 Å². The van der Waals surface area contributed by atoms with Crippen LogP contribution in [0.3, 0.4) is 0 Å². The number of hydrogen-bond acceptors (Lipinski definition) is 1. The summed E-state index contributed by atoms with van der Waals surface area (Å²) in [6, 6.07) is 11.1. The quantitative estimate of drug-likeness (QED) is 0.323. The fourth-order valence-corrected chi connectivity index (χ4v) is 4.21. The molecule has 0 fully saturated rings. The van der Waals surface area contributed by atoms with Crippen LogP contribution in [0.5, 0.6) is 0 Å². The SMILES string of the molecule is Cc1[cH-]c2ccccc2c1C1=C(CCCO[Si](C)(C)C)C=CC1.[Cl-].[Cl-].[Zr+3]. The van der Waals surface area contributed by atoms with Crippen molar-refractivity contribution in [1.82, 2.24) is 0 Å². The van der Waals surface area contributed by atoms with Crippen molar-refractivity contribution in [2.24, 2.45) is 0 Å². The van der Waals surface area contributed by atoms with Crippen molar-refractivity contribution in [3.63, 3.8) is 0 Å². The zero-order chi connectivity index (χ0) is 16.4. The van der Waals surface area contributed by atoms with Crippen LogP contribution in [0.2, 0.25) is 19.6 Å². The molecule has 2 aromatic rings. The van der Waals surface area contributed by atoms with Crippen LogP contribution in [0.4, 0.5) is 0 Å². The molecule has 1 aliphatic rings. The minimum Gasteiger partial charge on any atom is -1.00 e. The zero-order valence-electron chi connectivity index (χ0n) is 16.0. The summed E-state index contributed by atoms with van der Waals surface area (Å²) >= 11 is 0. The summed E-state index contributed by atoms with van der Waals surface area (Å²) in [6.07, 6.45) is 7.94. The Morgan fingerprint density at radius 2 is 1.81 bits per heavy atom. The minimum absolute atomic E-state index is 0. The first kappa shape index (κ1) is 26.0. The molecule has 0 spiro atoms. The first-order chi connectivity index (χ1) is 11.0. The Bertz CT molecular complexity index is 772. The summed E-state index contributed by atoms with van der Waals surface area (Å²) in [7, 11) is -1.38. The summed E-state index contributed by atoms with van der Waals surface area (Å²) in [6.45, 7) is 9.90. The van der Waals surface area contributed by atoms with Gasteiger partial charge in [0.2, 0.25) is 0 Å². The van der Waals surface area contributed by atoms with Gasteiger partial charge in [-0.3, -0.25) is 0 Å². The topological polar surface area (TPSA) is 9.23 Å². The normalized spacial score (nSPS) is 13.4. The maximum Gasteiger partial charge on any atom is 3.00 e. The van der Waals surface area contributed by atoms with E-state index in [9.17, 15) is 0 Å². The Kier molecular flexibility index (Phi) is 11.1. The number of allylic oxidation sites excluding steroid dienone is 4. The maximum atomic E-state index is 6.00. The average Bonchev–Trinajstić information content (AvgIpc) is 3.05. The van der Waals surface area contributed by atoms with Crippen LogP contribution < -0.4 is 24.8 Å². The molecule has 1 aliphatic carbocycles. The standard InChI is InChI=1S/C21H27OSi.2ClH.Zr/c1-16-15-18-9-5-6-12-20(18)21(16)19-13-7-10-17(19)11-8-14-22-23(2,3)4;;;/h5-7,9-10,12,15H,8,11,13-14H2,1-4H3;2*1H;/q-1;;;+3/p-2. The summed E-state index contributed by atoms with van der Waals surface area (Å²) < 4.78 is 6.00. The smallest absolute Gasteiger partial charge is 1.00 e. The van der Waals surface area contributed by atoms with E-state index in [1.807, 2.05) is 0 Å². The summed E-state index contributed by atoms with van der Waals surface area (Å²) in [5.41, 5.74) is 5.90. The van der Waals surface area contributed by atoms with Crippen LogP contribution in [0, 0.1) is 6.92 Å². The van der Waals surface area contributed by atoms with Gasteiger partial charge in [0.15, 0.2) is 8.32 Å². The Balaban J connectivity index is 0.00000208. The Hall–Kier alpha value is -0.0500. The average molecular weight is 486 g/mol. The summed E-state index contributed by atoms with van der Waals surface area (Å²) in [4.78, 5) is 0. The van der Waals surface area contributed by atoms with Gasteiger partial charge in [-0.05, 0) is 38.9 Å². The maximum absolute atomic E-state index is 6.00. The number of aryl methyl sites for hydroxylation is 1. The van der Waals surface area contributed by atoms with Gasteiger partial charge in [0, 0.05) is 6.61 Å². The van der Waals surface area contributed by atoms with Gasteiger partial charge in [-0.2, -0.15) is 0 Å². The molecular weight excluding hydrogens is 458 g/mol. The Morgan fingerprint density at radius 1 is 1.12 bits per heavy atom. The van der Waals surface area contributed by atoms with Crippen LogP contribution in [0.1, 0.15) is 30.4 Å². The van der Waals surface area contributed by atoms with E-state index < -0.39 is 8.32 Å². The first-order valence-electron chi connectivity index (χ1n) is 8.63. The third-order valence-electron chi connectivity index (χ3n) is 4.45. The molecule has 1 nitrogen and oxygen atoms in total. The molecule has 1 radical (unpaired) electrons. The molecule has 0 unspecified atom stereocenters. The number of hydrogen-bond donors (Lipinski definition) is 0. The van der Waals surface area contributed by atoms with Crippen molar-refractivity contribution >= 4 is 24.7 Å². The van der Waals surface area contributed by atoms with E-state index in [1.54, 1.807) is 0 Å². The van der Waals surface area contributed by atoms with E-state index in [4.69, 9.17) is 4.43 Å². The number of halogens is 2. The zero-order valence-corrected chi connectivity index (χ0v) is 21.0. The summed E-state index contributed by atoms with van der Waals surface area (Å²) in [5.74, 6) is 0. The fourth-order valence-electron chi connectivity index (χ4n) is 3.46. The molecule has 26 heavy (non-hydrogen) atoms. The van der Waals surface area contributed by atoms with E-state index in [0.717, 1.165) is 25.9 Å². The van der Waals surface area contributed by atoms with Crippen LogP contribution in [0.15, 0.2) is 48.1 Å². The third-order valence-corrected chi connectivity index (χ3v) is 5.52. The molecule has 139 valence electrons. The summed E-state index contributed by atoms with van der Waals surface area (Å²) in [5, 5.41) is 2.76. The monoisotopic (exact) mass is 483 g/mol. The van der Waals surface area contributed by atoms with E-state index in [1.165, 1.54) is 33.0 Å². The van der Waals surface area contributed by atoms with Crippen molar-refractivity contribution in [3.8, 4) is 0 Å². The van der Waals surface area contributed by atoms with E-state index in [-0.39, 0.29) is 51.0 Å². The Labute approximate surface area is 190 Å². The van der Waals surface area contributed by atoms with Gasteiger partial charge in [0.05, 0.1) is 0 Å². The molecule has 0 N–H and O–H groups in total. The second-order valence-corrected chi connectivity index (χ2v) is 12.0. The molecule has 0 atom stereocenters. The predicted molar refractivity (Wildman–Crippen MR) is 103 cm³/mol. The predicted octanol–water partition coefficient (Wildman–Crippen LogP) is 0.218. The van der Waals surface area contributed by atoms with Gasteiger partial charge >= 0.3 is 26.2 Å². The van der Waals surface area contributed by atoms with E-state index in [0.29, 0.717) is 0 Å². The van der Waals surface area contributed by atoms with Crippen molar-refractivity contribution in [3.05, 3.63) is 59.2 Å². The molecule has 0 aliphatic heterocycles. The van der Waals surface area contributed by atoms with Gasteiger partial charge in [-0.25, -0.2) is 0 Å². The second-order valence-electron chi connectivity index (χ2n) is 7.46. The molecule has 5 heteroatoms. The molecule has 0 bridgehead atoms. The molecule has 0 saturated heterocycles. The van der Waals surface area contributed by atoms with Crippen LogP contribution in [0.25, 0.3) is 16.3 Å². The van der Waals surface area contributed by atoms with Gasteiger partial charge in [0.25, 0.3) is 0 Å². The van der Waals surface area contributed by atoms with Gasteiger partial charge in [-0.15, -0.1) is 46.2 Å². The van der Waals surface area contributed by atoms with Gasteiger partial charge in [0.1, 0.15) is 0 Å². The molecule has 3 rings (SSSR count). The molecule has 0 saturated carbocycles. The second kappa shape index (κ2) is 11.1. The fraction of sp³-hybridized carbons (Fsp3) is 0.381. The third kappa shape index (κ3) is 6.24. The van der Waals surface area contributed by atoms with Crippen LogP contribution in [-0.2, 0) is 30.6 Å². The number of rotatable bonds is 6. The van der Waals surface area contributed by atoms with Gasteiger partial charge in [-0.1, -0.05) is 36.3 Å². The van der Waals surface area contributed by atoms with Crippen molar-refractivity contribution < 1.29 is 55.4 Å². The molecular formula is C21H27Cl2OSiZr. The molecule has 0 aromatic heterocycles. The largest absolute Gasteiger partial charge is 3.00 e. The minimum atomic E-state index is -1.38. The van der Waals surface area contributed by atoms with Gasteiger partial charge < -0.3 is 29.2 Å². The Morgan fingerprint density at radius 3 is 2.50 bits per heavy atom. The van der Waals surface area contributed by atoms with Crippen molar-refractivity contribution in [2.45, 2.75) is 45.8 Å². The van der Waals surface area contributed by atoms with Crippen molar-refractivity contribution in [2.75, 3.05) is 6.61 Å². The van der Waals surface area contributed by atoms with E-state index in [2.05, 4.69) is 69.0 Å². The number of benzene rings is 1.